The summed E-state index contributed by atoms with van der Waals surface area (Å²) in [5.41, 5.74) is 5.34. The Kier molecular flexibility index (Phi) is 5.31. The first-order valence-corrected chi connectivity index (χ1v) is 11.9. The average molecular weight is 451 g/mol. The predicted molar refractivity (Wildman–Crippen MR) is 128 cm³/mol. The van der Waals surface area contributed by atoms with Crippen LogP contribution in [0.25, 0.3) is 22.7 Å². The van der Waals surface area contributed by atoms with E-state index in [-0.39, 0.29) is 11.3 Å². The second-order valence-electron chi connectivity index (χ2n) is 11.0. The molecule has 2 aliphatic rings. The van der Waals surface area contributed by atoms with Crippen LogP contribution < -0.4 is 4.90 Å². The van der Waals surface area contributed by atoms with Crippen molar-refractivity contribution in [2.45, 2.75) is 59.8 Å². The number of aromatic nitrogens is 5. The lowest BCUT2D eigenvalue weighted by atomic mass is 9.73. The van der Waals surface area contributed by atoms with Crippen molar-refractivity contribution in [3.8, 4) is 11.5 Å². The molecule has 4 heterocycles. The SMILES string of the molecule is CN(C(=O)C(C)(C)C1CCOCC1)c1cnc2[nH]c(-c3n[nH]c4c3CCC(C)(C)C4)nc2c1. The molecule has 2 N–H and O–H groups in total. The van der Waals surface area contributed by atoms with Crippen LogP contribution in [0.15, 0.2) is 12.3 Å². The topological polar surface area (TPSA) is 99.8 Å². The van der Waals surface area contributed by atoms with Crippen LogP contribution in [0.5, 0.6) is 0 Å². The van der Waals surface area contributed by atoms with Crippen molar-refractivity contribution < 1.29 is 9.53 Å². The molecule has 3 aromatic rings. The number of hydrogen-bond donors (Lipinski definition) is 2. The van der Waals surface area contributed by atoms with Crippen molar-refractivity contribution >= 4 is 22.8 Å². The normalized spacial score (nSPS) is 18.9. The van der Waals surface area contributed by atoms with E-state index in [9.17, 15) is 4.79 Å². The fourth-order valence-electron chi connectivity index (χ4n) is 5.37. The summed E-state index contributed by atoms with van der Waals surface area (Å²) in [5.74, 6) is 1.13. The first kappa shape index (κ1) is 22.1. The molecular weight excluding hydrogens is 416 g/mol. The summed E-state index contributed by atoms with van der Waals surface area (Å²) < 4.78 is 5.49. The molecule has 0 bridgehead atoms. The van der Waals surface area contributed by atoms with Crippen molar-refractivity contribution in [3.63, 3.8) is 0 Å². The van der Waals surface area contributed by atoms with Gasteiger partial charge in [0.05, 0.1) is 11.9 Å². The number of fused-ring (bicyclic) bond motifs is 2. The van der Waals surface area contributed by atoms with E-state index < -0.39 is 5.41 Å². The van der Waals surface area contributed by atoms with Crippen LogP contribution in [0.4, 0.5) is 5.69 Å². The number of ether oxygens (including phenoxy) is 1. The standard InChI is InChI=1S/C25H34N6O2/c1-24(2)9-6-17-19(13-24)29-30-20(17)22-27-18-12-16(14-26-21(18)28-22)31(5)23(32)25(3,4)15-7-10-33-11-8-15/h12,14-15H,6-11,13H2,1-5H3,(H,29,30)(H,26,27,28). The Morgan fingerprint density at radius 2 is 2.03 bits per heavy atom. The zero-order valence-electron chi connectivity index (χ0n) is 20.3. The number of imidazole rings is 1. The molecule has 0 spiro atoms. The van der Waals surface area contributed by atoms with Gasteiger partial charge in [-0.25, -0.2) is 9.97 Å². The highest BCUT2D eigenvalue weighted by Crippen LogP contribution is 2.39. The molecule has 0 radical (unpaired) electrons. The molecule has 0 aromatic carbocycles. The summed E-state index contributed by atoms with van der Waals surface area (Å²) in [5, 5.41) is 7.80. The van der Waals surface area contributed by atoms with E-state index in [0.717, 1.165) is 68.0 Å². The number of carbonyl (C=O) groups is 1. The molecule has 3 aromatic heterocycles. The zero-order valence-corrected chi connectivity index (χ0v) is 20.3. The minimum absolute atomic E-state index is 0.0929. The second kappa shape index (κ2) is 7.94. The maximum atomic E-state index is 13.4. The maximum Gasteiger partial charge on any atom is 0.232 e. The van der Waals surface area contributed by atoms with Gasteiger partial charge in [0, 0.05) is 36.9 Å². The van der Waals surface area contributed by atoms with Crippen molar-refractivity contribution in [3.05, 3.63) is 23.5 Å². The van der Waals surface area contributed by atoms with Crippen molar-refractivity contribution in [1.29, 1.82) is 0 Å². The molecule has 1 aliphatic carbocycles. The molecular formula is C25H34N6O2. The Bertz CT molecular complexity index is 1180. The molecule has 0 saturated carbocycles. The Labute approximate surface area is 194 Å². The molecule has 8 heteroatoms. The molecule has 1 amide bonds. The highest BCUT2D eigenvalue weighted by atomic mass is 16.5. The van der Waals surface area contributed by atoms with Gasteiger partial charge in [-0.15, -0.1) is 0 Å². The van der Waals surface area contributed by atoms with Crippen LogP contribution in [0.1, 0.15) is 58.2 Å². The molecule has 5 rings (SSSR count). The number of H-pyrrole nitrogens is 2. The minimum atomic E-state index is -0.466. The van der Waals surface area contributed by atoms with Crippen LogP contribution in [0.2, 0.25) is 0 Å². The molecule has 0 unspecified atom stereocenters. The monoisotopic (exact) mass is 450 g/mol. The predicted octanol–water partition coefficient (Wildman–Crippen LogP) is 4.28. The third-order valence-corrected chi connectivity index (χ3v) is 7.69. The van der Waals surface area contributed by atoms with Gasteiger partial charge < -0.3 is 14.6 Å². The van der Waals surface area contributed by atoms with Gasteiger partial charge in [0.25, 0.3) is 0 Å². The number of nitrogens with zero attached hydrogens (tertiary/aromatic N) is 4. The smallest absolute Gasteiger partial charge is 0.232 e. The van der Waals surface area contributed by atoms with Crippen LogP contribution in [-0.4, -0.2) is 51.3 Å². The fourth-order valence-corrected chi connectivity index (χ4v) is 5.37. The molecule has 0 atom stereocenters. The van der Waals surface area contributed by atoms with E-state index in [1.54, 1.807) is 11.1 Å². The summed E-state index contributed by atoms with van der Waals surface area (Å²) in [7, 11) is 1.83. The lowest BCUT2D eigenvalue weighted by Gasteiger charge is -2.38. The Hall–Kier alpha value is -2.74. The third kappa shape index (κ3) is 3.94. The largest absolute Gasteiger partial charge is 0.381 e. The van der Waals surface area contributed by atoms with Gasteiger partial charge in [-0.1, -0.05) is 27.7 Å². The highest BCUT2D eigenvalue weighted by Gasteiger charge is 2.39. The molecule has 176 valence electrons. The lowest BCUT2D eigenvalue weighted by molar-refractivity contribution is -0.131. The van der Waals surface area contributed by atoms with Gasteiger partial charge in [-0.05, 0) is 49.5 Å². The van der Waals surface area contributed by atoms with E-state index in [1.807, 2.05) is 27.0 Å². The number of rotatable bonds is 4. The van der Waals surface area contributed by atoms with E-state index >= 15 is 0 Å². The maximum absolute atomic E-state index is 13.4. The third-order valence-electron chi connectivity index (χ3n) is 7.69. The number of carbonyl (C=O) groups excluding carboxylic acids is 1. The second-order valence-corrected chi connectivity index (χ2v) is 11.0. The molecule has 1 saturated heterocycles. The average Bonchev–Trinajstić information content (AvgIpc) is 3.40. The minimum Gasteiger partial charge on any atom is -0.381 e. The Balaban J connectivity index is 1.41. The van der Waals surface area contributed by atoms with E-state index in [2.05, 4.69) is 34.0 Å². The van der Waals surface area contributed by atoms with Gasteiger partial charge >= 0.3 is 0 Å². The summed E-state index contributed by atoms with van der Waals surface area (Å²) in [6.45, 7) is 10.1. The van der Waals surface area contributed by atoms with Gasteiger partial charge in [-0.2, -0.15) is 5.10 Å². The zero-order chi connectivity index (χ0) is 23.4. The fraction of sp³-hybridized carbons (Fsp3) is 0.600. The van der Waals surface area contributed by atoms with Gasteiger partial charge in [0.2, 0.25) is 5.91 Å². The first-order valence-electron chi connectivity index (χ1n) is 11.9. The van der Waals surface area contributed by atoms with E-state index in [4.69, 9.17) is 9.72 Å². The van der Waals surface area contributed by atoms with Gasteiger partial charge in [0.1, 0.15) is 11.2 Å². The van der Waals surface area contributed by atoms with Crippen molar-refractivity contribution in [2.24, 2.45) is 16.7 Å². The summed E-state index contributed by atoms with van der Waals surface area (Å²) in [4.78, 5) is 27.8. The Morgan fingerprint density at radius 3 is 2.79 bits per heavy atom. The number of anilines is 1. The molecule has 1 aliphatic heterocycles. The Morgan fingerprint density at radius 1 is 1.27 bits per heavy atom. The van der Waals surface area contributed by atoms with Crippen LogP contribution >= 0.6 is 0 Å². The molecule has 8 nitrogen and oxygen atoms in total. The number of pyridine rings is 1. The van der Waals surface area contributed by atoms with Gasteiger partial charge in [0.15, 0.2) is 11.5 Å². The lowest BCUT2D eigenvalue weighted by Crippen LogP contribution is -2.44. The summed E-state index contributed by atoms with van der Waals surface area (Å²) in [6.07, 6.45) is 6.68. The number of hydrogen-bond acceptors (Lipinski definition) is 5. The first-order chi connectivity index (χ1) is 15.7. The highest BCUT2D eigenvalue weighted by molar-refractivity contribution is 5.98. The van der Waals surface area contributed by atoms with E-state index in [1.165, 1.54) is 11.3 Å². The van der Waals surface area contributed by atoms with E-state index in [0.29, 0.717) is 11.6 Å². The van der Waals surface area contributed by atoms with Crippen molar-refractivity contribution in [2.75, 3.05) is 25.2 Å². The van der Waals surface area contributed by atoms with Crippen LogP contribution in [-0.2, 0) is 22.4 Å². The molecule has 33 heavy (non-hydrogen) atoms. The number of aromatic amines is 2. The van der Waals surface area contributed by atoms with Crippen LogP contribution in [0.3, 0.4) is 0 Å². The van der Waals surface area contributed by atoms with Crippen LogP contribution in [0, 0.1) is 16.7 Å². The summed E-state index contributed by atoms with van der Waals surface area (Å²) >= 11 is 0. The number of amides is 1. The number of nitrogens with one attached hydrogen (secondary N) is 2. The quantitative estimate of drug-likeness (QED) is 0.618. The van der Waals surface area contributed by atoms with Gasteiger partial charge in [-0.3, -0.25) is 9.89 Å². The van der Waals surface area contributed by atoms with Crippen molar-refractivity contribution in [1.82, 2.24) is 25.1 Å². The summed E-state index contributed by atoms with van der Waals surface area (Å²) in [6, 6.07) is 1.93. The molecule has 1 fully saturated rings.